The van der Waals surface area contributed by atoms with Gasteiger partial charge in [-0.15, -0.1) is 0 Å². The quantitative estimate of drug-likeness (QED) is 0.425. The Morgan fingerprint density at radius 2 is 2.06 bits per heavy atom. The summed E-state index contributed by atoms with van der Waals surface area (Å²) < 4.78 is 4.51. The van der Waals surface area contributed by atoms with Crippen LogP contribution in [0.3, 0.4) is 0 Å². The highest BCUT2D eigenvalue weighted by molar-refractivity contribution is 6.15. The number of cyclic esters (lactones) is 2. The van der Waals surface area contributed by atoms with Crippen LogP contribution >= 0.6 is 0 Å². The van der Waals surface area contributed by atoms with Gasteiger partial charge in [0.2, 0.25) is 0 Å². The van der Waals surface area contributed by atoms with Crippen molar-refractivity contribution in [2.24, 2.45) is 5.73 Å². The molecule has 0 aromatic heterocycles. The summed E-state index contributed by atoms with van der Waals surface area (Å²) >= 11 is 0. The fraction of sp³-hybridized carbons (Fsp3) is 0.167. The van der Waals surface area contributed by atoms with Gasteiger partial charge in [-0.2, -0.15) is 0 Å². The van der Waals surface area contributed by atoms with Crippen molar-refractivity contribution in [1.29, 1.82) is 0 Å². The number of esters is 2. The van der Waals surface area contributed by atoms with Crippen LogP contribution in [-0.2, 0) is 4.74 Å². The summed E-state index contributed by atoms with van der Waals surface area (Å²) in [4.78, 5) is 22.6. The lowest BCUT2D eigenvalue weighted by molar-refractivity contribution is 0.0444. The molecule has 0 saturated heterocycles. The van der Waals surface area contributed by atoms with E-state index in [0.717, 1.165) is 0 Å². The van der Waals surface area contributed by atoms with Crippen LogP contribution in [0.5, 0.6) is 0 Å². The molecule has 0 atom stereocenters. The van der Waals surface area contributed by atoms with E-state index >= 15 is 0 Å². The minimum absolute atomic E-state index is 0.261. The number of benzene rings is 1. The number of fused-ring (bicyclic) bond motifs is 1. The molecule has 0 radical (unpaired) electrons. The first-order valence-electron chi connectivity index (χ1n) is 4.82. The van der Waals surface area contributed by atoms with Gasteiger partial charge < -0.3 is 10.5 Å². The molecule has 0 aliphatic carbocycles. The fourth-order valence-corrected chi connectivity index (χ4v) is 1.47. The number of carbonyl (C=O) groups is 2. The van der Waals surface area contributed by atoms with Crippen LogP contribution in [0.2, 0.25) is 0 Å². The first kappa shape index (κ1) is 10.4. The van der Waals surface area contributed by atoms with E-state index in [4.69, 9.17) is 5.73 Å². The van der Waals surface area contributed by atoms with E-state index in [1.54, 1.807) is 18.2 Å². The molecule has 1 aliphatic heterocycles. The van der Waals surface area contributed by atoms with Crippen LogP contribution < -0.4 is 5.73 Å². The van der Waals surface area contributed by atoms with Gasteiger partial charge in [-0.3, -0.25) is 0 Å². The van der Waals surface area contributed by atoms with Crippen LogP contribution in [0.25, 0.3) is 0 Å². The highest BCUT2D eigenvalue weighted by atomic mass is 16.6. The molecular formula is C12H9NO3. The van der Waals surface area contributed by atoms with E-state index in [1.165, 1.54) is 0 Å². The normalized spacial score (nSPS) is 12.8. The van der Waals surface area contributed by atoms with Gasteiger partial charge in [0.1, 0.15) is 0 Å². The molecule has 1 aromatic carbocycles. The van der Waals surface area contributed by atoms with Gasteiger partial charge in [0.25, 0.3) is 0 Å². The lowest BCUT2D eigenvalue weighted by Gasteiger charge is -1.95. The fourth-order valence-electron chi connectivity index (χ4n) is 1.47. The Hall–Kier alpha value is -2.12. The smallest absolute Gasteiger partial charge is 0.348 e. The molecular weight excluding hydrogens is 206 g/mol. The largest absolute Gasteiger partial charge is 0.386 e. The maximum Gasteiger partial charge on any atom is 0.348 e. The second-order valence-electron chi connectivity index (χ2n) is 3.25. The minimum atomic E-state index is -0.627. The summed E-state index contributed by atoms with van der Waals surface area (Å²) in [6.45, 7) is 0.464. The zero-order valence-corrected chi connectivity index (χ0v) is 8.45. The number of rotatable bonds is 1. The predicted molar refractivity (Wildman–Crippen MR) is 56.7 cm³/mol. The van der Waals surface area contributed by atoms with Crippen LogP contribution in [0.1, 0.15) is 32.7 Å². The van der Waals surface area contributed by atoms with Gasteiger partial charge in [-0.05, 0) is 12.1 Å². The summed E-state index contributed by atoms with van der Waals surface area (Å²) in [5, 5.41) is 0. The molecule has 1 aromatic rings. The highest BCUT2D eigenvalue weighted by Crippen LogP contribution is 2.22. The summed E-state index contributed by atoms with van der Waals surface area (Å²) in [5.74, 6) is 4.40. The Morgan fingerprint density at radius 1 is 1.25 bits per heavy atom. The zero-order chi connectivity index (χ0) is 11.5. The van der Waals surface area contributed by atoms with Gasteiger partial charge in [-0.1, -0.05) is 17.9 Å². The van der Waals surface area contributed by atoms with E-state index in [-0.39, 0.29) is 11.1 Å². The zero-order valence-electron chi connectivity index (χ0n) is 8.45. The van der Waals surface area contributed by atoms with Crippen molar-refractivity contribution >= 4 is 11.9 Å². The number of ether oxygens (including phenoxy) is 1. The maximum atomic E-state index is 11.4. The molecule has 1 heterocycles. The van der Waals surface area contributed by atoms with Crippen molar-refractivity contribution in [1.82, 2.24) is 0 Å². The number of carbonyl (C=O) groups excluding carboxylic acids is 2. The van der Waals surface area contributed by atoms with Crippen LogP contribution in [0.15, 0.2) is 18.2 Å². The summed E-state index contributed by atoms with van der Waals surface area (Å²) in [5.41, 5.74) is 6.37. The first-order valence-corrected chi connectivity index (χ1v) is 4.82. The summed E-state index contributed by atoms with van der Waals surface area (Å²) in [7, 11) is 0. The monoisotopic (exact) mass is 215 g/mol. The van der Waals surface area contributed by atoms with Crippen LogP contribution in [0.4, 0.5) is 0 Å². The molecule has 0 unspecified atom stereocenters. The first-order chi connectivity index (χ1) is 7.74. The minimum Gasteiger partial charge on any atom is -0.386 e. The average molecular weight is 215 g/mol. The summed E-state index contributed by atoms with van der Waals surface area (Å²) in [6.07, 6.45) is 0.548. The van der Waals surface area contributed by atoms with Gasteiger partial charge in [0, 0.05) is 18.5 Å². The third-order valence-corrected chi connectivity index (χ3v) is 2.17. The topological polar surface area (TPSA) is 69.4 Å². The van der Waals surface area contributed by atoms with E-state index < -0.39 is 11.9 Å². The van der Waals surface area contributed by atoms with Crippen molar-refractivity contribution in [3.05, 3.63) is 34.9 Å². The standard InChI is InChI=1S/C12H9NO3/c13-7-2-1-4-8-5-3-6-9-10(8)12(15)16-11(9)14/h3,5-6H,2,7,13H2. The van der Waals surface area contributed by atoms with Gasteiger partial charge >= 0.3 is 11.9 Å². The van der Waals surface area contributed by atoms with Crippen molar-refractivity contribution in [3.63, 3.8) is 0 Å². The van der Waals surface area contributed by atoms with Crippen LogP contribution in [-0.4, -0.2) is 18.5 Å². The molecule has 0 spiro atoms. The SMILES string of the molecule is NCCC#Cc1cccc2c1C(=O)OC2=O. The van der Waals surface area contributed by atoms with Gasteiger partial charge in [-0.25, -0.2) is 9.59 Å². The molecule has 2 rings (SSSR count). The molecule has 16 heavy (non-hydrogen) atoms. The second kappa shape index (κ2) is 4.17. The molecule has 4 heteroatoms. The Labute approximate surface area is 92.4 Å². The molecule has 0 saturated carbocycles. The predicted octanol–water partition coefficient (Wildman–Crippen LogP) is 0.698. The summed E-state index contributed by atoms with van der Waals surface area (Å²) in [6, 6.07) is 4.91. The lowest BCUT2D eigenvalue weighted by Crippen LogP contribution is -1.99. The highest BCUT2D eigenvalue weighted by Gasteiger charge is 2.31. The number of hydrogen-bond donors (Lipinski definition) is 1. The lowest BCUT2D eigenvalue weighted by atomic mass is 10.0. The second-order valence-corrected chi connectivity index (χ2v) is 3.25. The molecule has 4 nitrogen and oxygen atoms in total. The number of nitrogens with two attached hydrogens (primary N) is 1. The van der Waals surface area contributed by atoms with E-state index in [0.29, 0.717) is 18.5 Å². The third kappa shape index (κ3) is 1.69. The van der Waals surface area contributed by atoms with Crippen molar-refractivity contribution in [2.45, 2.75) is 6.42 Å². The average Bonchev–Trinajstić information content (AvgIpc) is 2.56. The molecule has 0 bridgehead atoms. The Kier molecular flexibility index (Phi) is 2.71. The Bertz CT molecular complexity index is 523. The third-order valence-electron chi connectivity index (χ3n) is 2.17. The van der Waals surface area contributed by atoms with Crippen LogP contribution in [0, 0.1) is 11.8 Å². The molecule has 2 N–H and O–H groups in total. The van der Waals surface area contributed by atoms with Gasteiger partial charge in [0.15, 0.2) is 0 Å². The van der Waals surface area contributed by atoms with Crippen molar-refractivity contribution < 1.29 is 14.3 Å². The van der Waals surface area contributed by atoms with E-state index in [2.05, 4.69) is 16.6 Å². The molecule has 80 valence electrons. The van der Waals surface area contributed by atoms with Crippen molar-refractivity contribution in [2.75, 3.05) is 6.54 Å². The molecule has 1 aliphatic rings. The Morgan fingerprint density at radius 3 is 2.81 bits per heavy atom. The van der Waals surface area contributed by atoms with Crippen molar-refractivity contribution in [3.8, 4) is 11.8 Å². The molecule has 0 amide bonds. The number of hydrogen-bond acceptors (Lipinski definition) is 4. The molecule has 0 fully saturated rings. The van der Waals surface area contributed by atoms with E-state index in [1.807, 2.05) is 0 Å². The Balaban J connectivity index is 2.47. The van der Waals surface area contributed by atoms with Gasteiger partial charge in [0.05, 0.1) is 11.1 Å². The maximum absolute atomic E-state index is 11.4. The van der Waals surface area contributed by atoms with E-state index in [9.17, 15) is 9.59 Å².